The van der Waals surface area contributed by atoms with Crippen LogP contribution in [0.2, 0.25) is 0 Å². The van der Waals surface area contributed by atoms with Gasteiger partial charge < -0.3 is 0 Å². The predicted octanol–water partition coefficient (Wildman–Crippen LogP) is 2.21. The molecule has 1 aromatic rings. The third-order valence-corrected chi connectivity index (χ3v) is 2.47. The zero-order valence-corrected chi connectivity index (χ0v) is 6.21. The standard InChI is InChI=1S/C4H4BrNS/c1-3-2-7-6-4(3)5/h2H,1H3. The fourth-order valence-corrected chi connectivity index (χ4v) is 1.35. The summed E-state index contributed by atoms with van der Waals surface area (Å²) in [6.07, 6.45) is 0. The highest BCUT2D eigenvalue weighted by Gasteiger charge is 1.91. The van der Waals surface area contributed by atoms with Crippen molar-refractivity contribution >= 4 is 27.5 Å². The number of nitrogens with zero attached hydrogens (tertiary/aromatic N) is 1. The van der Waals surface area contributed by atoms with Crippen molar-refractivity contribution in [2.45, 2.75) is 6.92 Å². The van der Waals surface area contributed by atoms with Gasteiger partial charge in [0.1, 0.15) is 4.60 Å². The van der Waals surface area contributed by atoms with Gasteiger partial charge in [0.05, 0.1) is 0 Å². The van der Waals surface area contributed by atoms with E-state index in [4.69, 9.17) is 0 Å². The highest BCUT2D eigenvalue weighted by atomic mass is 79.9. The minimum atomic E-state index is 0.970. The Hall–Kier alpha value is 0.110. The SMILES string of the molecule is Cc1csnc1Br. The second kappa shape index (κ2) is 1.92. The summed E-state index contributed by atoms with van der Waals surface area (Å²) in [6, 6.07) is 0. The van der Waals surface area contributed by atoms with Crippen molar-refractivity contribution in [3.63, 3.8) is 0 Å². The van der Waals surface area contributed by atoms with Gasteiger partial charge >= 0.3 is 0 Å². The van der Waals surface area contributed by atoms with Crippen LogP contribution < -0.4 is 0 Å². The van der Waals surface area contributed by atoms with E-state index in [2.05, 4.69) is 20.3 Å². The Morgan fingerprint density at radius 3 is 2.71 bits per heavy atom. The Bertz CT molecular complexity index is 144. The zero-order valence-electron chi connectivity index (χ0n) is 3.81. The van der Waals surface area contributed by atoms with E-state index in [1.54, 1.807) is 0 Å². The maximum atomic E-state index is 3.97. The second-order valence-corrected chi connectivity index (χ2v) is 2.67. The first kappa shape index (κ1) is 5.25. The summed E-state index contributed by atoms with van der Waals surface area (Å²) < 4.78 is 4.94. The molecule has 7 heavy (non-hydrogen) atoms. The lowest BCUT2D eigenvalue weighted by Crippen LogP contribution is -1.60. The summed E-state index contributed by atoms with van der Waals surface area (Å²) >= 11 is 4.73. The fraction of sp³-hybridized carbons (Fsp3) is 0.250. The average molecular weight is 178 g/mol. The molecule has 0 bridgehead atoms. The first-order valence-corrected chi connectivity index (χ1v) is 3.50. The summed E-state index contributed by atoms with van der Waals surface area (Å²) in [4.78, 5) is 0. The van der Waals surface area contributed by atoms with Crippen molar-refractivity contribution < 1.29 is 0 Å². The normalized spacial score (nSPS) is 9.43. The number of aryl methyl sites for hydroxylation is 1. The van der Waals surface area contributed by atoms with E-state index in [0.29, 0.717) is 0 Å². The fourth-order valence-electron chi connectivity index (χ4n) is 0.272. The molecule has 1 aromatic heterocycles. The molecule has 0 aliphatic carbocycles. The molecule has 0 fully saturated rings. The third-order valence-electron chi connectivity index (χ3n) is 0.688. The van der Waals surface area contributed by atoms with Gasteiger partial charge in [-0.2, -0.15) is 4.37 Å². The Balaban J connectivity index is 3.12. The van der Waals surface area contributed by atoms with Crippen molar-refractivity contribution in [1.82, 2.24) is 4.37 Å². The van der Waals surface area contributed by atoms with E-state index >= 15 is 0 Å². The highest BCUT2D eigenvalue weighted by molar-refractivity contribution is 9.10. The van der Waals surface area contributed by atoms with E-state index in [-0.39, 0.29) is 0 Å². The van der Waals surface area contributed by atoms with Crippen molar-refractivity contribution in [2.75, 3.05) is 0 Å². The second-order valence-electron chi connectivity index (χ2n) is 1.29. The molecule has 0 aliphatic rings. The van der Waals surface area contributed by atoms with E-state index in [1.165, 1.54) is 17.1 Å². The molecule has 1 nitrogen and oxygen atoms in total. The summed E-state index contributed by atoms with van der Waals surface area (Å²) in [5.74, 6) is 0. The first-order valence-electron chi connectivity index (χ1n) is 1.87. The molecular weight excluding hydrogens is 174 g/mol. The lowest BCUT2D eigenvalue weighted by Gasteiger charge is -1.75. The van der Waals surface area contributed by atoms with Crippen molar-refractivity contribution in [2.24, 2.45) is 0 Å². The van der Waals surface area contributed by atoms with Crippen molar-refractivity contribution in [3.8, 4) is 0 Å². The minimum Gasteiger partial charge on any atom is -0.185 e. The third kappa shape index (κ3) is 1.01. The van der Waals surface area contributed by atoms with Crippen LogP contribution in [-0.2, 0) is 0 Å². The molecule has 0 spiro atoms. The van der Waals surface area contributed by atoms with Crippen LogP contribution in [0.4, 0.5) is 0 Å². The molecule has 38 valence electrons. The largest absolute Gasteiger partial charge is 0.185 e. The van der Waals surface area contributed by atoms with Crippen LogP contribution in [0.5, 0.6) is 0 Å². The lowest BCUT2D eigenvalue weighted by molar-refractivity contribution is 1.39. The van der Waals surface area contributed by atoms with Crippen LogP contribution in [0.15, 0.2) is 9.98 Å². The van der Waals surface area contributed by atoms with Crippen LogP contribution in [0.3, 0.4) is 0 Å². The number of hydrogen-bond acceptors (Lipinski definition) is 2. The Labute approximate surface area is 54.7 Å². The lowest BCUT2D eigenvalue weighted by atomic mass is 10.5. The number of halogens is 1. The van der Waals surface area contributed by atoms with Gasteiger partial charge in [-0.25, -0.2) is 0 Å². The zero-order chi connectivity index (χ0) is 5.28. The molecule has 0 saturated heterocycles. The number of rotatable bonds is 0. The van der Waals surface area contributed by atoms with Crippen molar-refractivity contribution in [3.05, 3.63) is 15.5 Å². The monoisotopic (exact) mass is 177 g/mol. The van der Waals surface area contributed by atoms with Gasteiger partial charge in [-0.05, 0) is 39.9 Å². The summed E-state index contributed by atoms with van der Waals surface area (Å²) in [6.45, 7) is 2.02. The van der Waals surface area contributed by atoms with Crippen LogP contribution in [0, 0.1) is 6.92 Å². The summed E-state index contributed by atoms with van der Waals surface area (Å²) in [5, 5.41) is 2.00. The predicted molar refractivity (Wildman–Crippen MR) is 34.6 cm³/mol. The molecule has 0 unspecified atom stereocenters. The maximum Gasteiger partial charge on any atom is 0.122 e. The molecule has 1 heterocycles. The molecule has 1 rings (SSSR count). The van der Waals surface area contributed by atoms with Crippen LogP contribution >= 0.6 is 27.5 Å². The average Bonchev–Trinajstić information content (AvgIpc) is 1.91. The highest BCUT2D eigenvalue weighted by Crippen LogP contribution is 2.14. The molecule has 0 aromatic carbocycles. The van der Waals surface area contributed by atoms with Crippen LogP contribution in [0.1, 0.15) is 5.56 Å². The van der Waals surface area contributed by atoms with Gasteiger partial charge in [-0.1, -0.05) is 0 Å². The van der Waals surface area contributed by atoms with Crippen LogP contribution in [-0.4, -0.2) is 4.37 Å². The van der Waals surface area contributed by atoms with E-state index in [0.717, 1.165) is 4.60 Å². The smallest absolute Gasteiger partial charge is 0.122 e. The Kier molecular flexibility index (Phi) is 1.44. The van der Waals surface area contributed by atoms with Gasteiger partial charge in [0.2, 0.25) is 0 Å². The van der Waals surface area contributed by atoms with Gasteiger partial charge in [0.15, 0.2) is 0 Å². The van der Waals surface area contributed by atoms with E-state index in [1.807, 2.05) is 12.3 Å². The Morgan fingerprint density at radius 2 is 2.57 bits per heavy atom. The summed E-state index contributed by atoms with van der Waals surface area (Å²) in [7, 11) is 0. The molecular formula is C4H4BrNS. The number of hydrogen-bond donors (Lipinski definition) is 0. The van der Waals surface area contributed by atoms with Gasteiger partial charge in [0, 0.05) is 5.38 Å². The number of aromatic nitrogens is 1. The van der Waals surface area contributed by atoms with Crippen molar-refractivity contribution in [1.29, 1.82) is 0 Å². The summed E-state index contributed by atoms with van der Waals surface area (Å²) in [5.41, 5.74) is 1.21. The first-order chi connectivity index (χ1) is 3.30. The quantitative estimate of drug-likeness (QED) is 0.593. The van der Waals surface area contributed by atoms with Gasteiger partial charge in [-0.3, -0.25) is 0 Å². The van der Waals surface area contributed by atoms with Crippen LogP contribution in [0.25, 0.3) is 0 Å². The molecule has 0 saturated carbocycles. The topological polar surface area (TPSA) is 12.9 Å². The molecule has 3 heteroatoms. The minimum absolute atomic E-state index is 0.970. The molecule has 0 radical (unpaired) electrons. The van der Waals surface area contributed by atoms with Gasteiger partial charge in [-0.15, -0.1) is 0 Å². The molecule has 0 amide bonds. The Morgan fingerprint density at radius 1 is 1.86 bits per heavy atom. The molecule has 0 aliphatic heterocycles. The molecule has 0 N–H and O–H groups in total. The maximum absolute atomic E-state index is 3.97. The molecule has 0 atom stereocenters. The van der Waals surface area contributed by atoms with Gasteiger partial charge in [0.25, 0.3) is 0 Å². The van der Waals surface area contributed by atoms with E-state index in [9.17, 15) is 0 Å². The van der Waals surface area contributed by atoms with E-state index < -0.39 is 0 Å².